The van der Waals surface area contributed by atoms with E-state index in [4.69, 9.17) is 14.3 Å². The van der Waals surface area contributed by atoms with Crippen molar-refractivity contribution in [2.45, 2.75) is 20.5 Å². The minimum absolute atomic E-state index is 0.00971. The molecule has 0 aliphatic heterocycles. The molecule has 100 valence electrons. The van der Waals surface area contributed by atoms with Gasteiger partial charge in [0.2, 0.25) is 11.8 Å². The molecule has 0 bridgehead atoms. The van der Waals surface area contributed by atoms with Gasteiger partial charge < -0.3 is 14.3 Å². The average molecular weight is 262 g/mol. The fourth-order valence-electron chi connectivity index (χ4n) is 1.70. The average Bonchev–Trinajstić information content (AvgIpc) is 2.77. The lowest BCUT2D eigenvalue weighted by molar-refractivity contribution is -0.142. The molecule has 0 fully saturated rings. The minimum atomic E-state index is -1.03. The van der Waals surface area contributed by atoms with Gasteiger partial charge in [-0.05, 0) is 25.5 Å². The Kier molecular flexibility index (Phi) is 3.91. The van der Waals surface area contributed by atoms with Crippen LogP contribution in [0.5, 0.6) is 0 Å². The summed E-state index contributed by atoms with van der Waals surface area (Å²) in [5.74, 6) is -0.364. The predicted octanol–water partition coefficient (Wildman–Crippen LogP) is 1.95. The molecular weight excluding hydrogens is 248 g/mol. The number of hydrogen-bond donors (Lipinski definition) is 1. The van der Waals surface area contributed by atoms with Gasteiger partial charge >= 0.3 is 5.97 Å². The van der Waals surface area contributed by atoms with Crippen molar-refractivity contribution in [2.24, 2.45) is 0 Å². The van der Waals surface area contributed by atoms with E-state index < -0.39 is 5.97 Å². The summed E-state index contributed by atoms with van der Waals surface area (Å²) in [6.07, 6.45) is 0. The number of aryl methyl sites for hydroxylation is 2. The lowest BCUT2D eigenvalue weighted by atomic mass is 10.1. The van der Waals surface area contributed by atoms with Crippen molar-refractivity contribution in [3.63, 3.8) is 0 Å². The number of hydrogen-bond acceptors (Lipinski definition) is 5. The molecule has 0 radical (unpaired) electrons. The first-order valence-corrected chi connectivity index (χ1v) is 5.76. The van der Waals surface area contributed by atoms with Gasteiger partial charge in [0, 0.05) is 5.56 Å². The van der Waals surface area contributed by atoms with Crippen molar-refractivity contribution < 1.29 is 19.1 Å². The SMILES string of the molecule is Cc1ccc(-c2nnc(COCC(=O)O)o2)c(C)c1. The number of aromatic nitrogens is 2. The van der Waals surface area contributed by atoms with Crippen LogP contribution in [0.1, 0.15) is 17.0 Å². The van der Waals surface area contributed by atoms with Crippen molar-refractivity contribution in [1.82, 2.24) is 10.2 Å². The van der Waals surface area contributed by atoms with Gasteiger partial charge in [-0.2, -0.15) is 0 Å². The fraction of sp³-hybridized carbons (Fsp3) is 0.308. The fourth-order valence-corrected chi connectivity index (χ4v) is 1.70. The Bertz CT molecular complexity index is 592. The summed E-state index contributed by atoms with van der Waals surface area (Å²) in [6, 6.07) is 5.91. The molecule has 1 heterocycles. The number of aliphatic carboxylic acids is 1. The van der Waals surface area contributed by atoms with Crippen LogP contribution in [0.3, 0.4) is 0 Å². The number of carboxylic acids is 1. The molecule has 6 heteroatoms. The molecule has 0 saturated carbocycles. The summed E-state index contributed by atoms with van der Waals surface area (Å²) < 4.78 is 10.3. The van der Waals surface area contributed by atoms with Crippen LogP contribution in [-0.4, -0.2) is 27.9 Å². The van der Waals surface area contributed by atoms with Crippen molar-refractivity contribution in [3.05, 3.63) is 35.2 Å². The van der Waals surface area contributed by atoms with E-state index in [1.54, 1.807) is 0 Å². The highest BCUT2D eigenvalue weighted by atomic mass is 16.5. The predicted molar refractivity (Wildman–Crippen MR) is 66.5 cm³/mol. The first-order chi connectivity index (χ1) is 9.06. The molecular formula is C13H14N2O4. The standard InChI is InChI=1S/C13H14N2O4/c1-8-3-4-10(9(2)5-8)13-15-14-11(19-13)6-18-7-12(16)17/h3-5H,6-7H2,1-2H3,(H,16,17). The van der Waals surface area contributed by atoms with Crippen LogP contribution in [0.2, 0.25) is 0 Å². The van der Waals surface area contributed by atoms with E-state index in [9.17, 15) is 4.79 Å². The molecule has 0 aliphatic carbocycles. The molecule has 0 saturated heterocycles. The van der Waals surface area contributed by atoms with Crippen LogP contribution in [0.25, 0.3) is 11.5 Å². The first-order valence-electron chi connectivity index (χ1n) is 5.76. The second-order valence-electron chi connectivity index (χ2n) is 4.21. The van der Waals surface area contributed by atoms with E-state index in [0.717, 1.165) is 16.7 Å². The third-order valence-corrected chi connectivity index (χ3v) is 2.53. The second kappa shape index (κ2) is 5.62. The monoisotopic (exact) mass is 262 g/mol. The summed E-state index contributed by atoms with van der Waals surface area (Å²) in [4.78, 5) is 10.3. The first kappa shape index (κ1) is 13.2. The maximum Gasteiger partial charge on any atom is 0.329 e. The Morgan fingerprint density at radius 1 is 1.37 bits per heavy atom. The van der Waals surface area contributed by atoms with Gasteiger partial charge in [-0.25, -0.2) is 4.79 Å². The molecule has 1 aromatic heterocycles. The Balaban J connectivity index is 2.10. The number of ether oxygens (including phenoxy) is 1. The van der Waals surface area contributed by atoms with E-state index >= 15 is 0 Å². The minimum Gasteiger partial charge on any atom is -0.480 e. The summed E-state index contributed by atoms with van der Waals surface area (Å²) in [5, 5.41) is 16.2. The highest BCUT2D eigenvalue weighted by Crippen LogP contribution is 2.23. The largest absolute Gasteiger partial charge is 0.480 e. The van der Waals surface area contributed by atoms with Crippen LogP contribution < -0.4 is 0 Å². The Hall–Kier alpha value is -2.21. The van der Waals surface area contributed by atoms with Gasteiger partial charge in [0.1, 0.15) is 13.2 Å². The second-order valence-corrected chi connectivity index (χ2v) is 4.21. The van der Waals surface area contributed by atoms with E-state index in [2.05, 4.69) is 10.2 Å². The summed E-state index contributed by atoms with van der Waals surface area (Å²) in [5.41, 5.74) is 3.06. The number of carboxylic acid groups (broad SMARTS) is 1. The molecule has 2 rings (SSSR count). The quantitative estimate of drug-likeness (QED) is 0.886. The van der Waals surface area contributed by atoms with Gasteiger partial charge in [-0.1, -0.05) is 17.7 Å². The Morgan fingerprint density at radius 3 is 2.84 bits per heavy atom. The normalized spacial score (nSPS) is 10.6. The van der Waals surface area contributed by atoms with Crippen LogP contribution >= 0.6 is 0 Å². The van der Waals surface area contributed by atoms with Crippen molar-refractivity contribution in [2.75, 3.05) is 6.61 Å². The smallest absolute Gasteiger partial charge is 0.329 e. The molecule has 0 amide bonds. The number of rotatable bonds is 5. The molecule has 6 nitrogen and oxygen atoms in total. The molecule has 0 aliphatic rings. The van der Waals surface area contributed by atoms with Crippen LogP contribution in [-0.2, 0) is 16.1 Å². The van der Waals surface area contributed by atoms with Crippen molar-refractivity contribution in [1.29, 1.82) is 0 Å². The number of nitrogens with zero attached hydrogens (tertiary/aromatic N) is 2. The summed E-state index contributed by atoms with van der Waals surface area (Å²) in [6.45, 7) is 3.58. The zero-order valence-corrected chi connectivity index (χ0v) is 10.7. The highest BCUT2D eigenvalue weighted by molar-refractivity contribution is 5.68. The van der Waals surface area contributed by atoms with E-state index in [0.29, 0.717) is 5.89 Å². The molecule has 0 spiro atoms. The molecule has 1 N–H and O–H groups in total. The number of carbonyl (C=O) groups is 1. The van der Waals surface area contributed by atoms with Crippen molar-refractivity contribution in [3.8, 4) is 11.5 Å². The summed E-state index contributed by atoms with van der Waals surface area (Å²) in [7, 11) is 0. The zero-order chi connectivity index (χ0) is 13.8. The van der Waals surface area contributed by atoms with Crippen molar-refractivity contribution >= 4 is 5.97 Å². The molecule has 0 unspecified atom stereocenters. The molecule has 19 heavy (non-hydrogen) atoms. The maximum absolute atomic E-state index is 10.3. The lowest BCUT2D eigenvalue weighted by Gasteiger charge is -2.01. The Morgan fingerprint density at radius 2 is 2.16 bits per heavy atom. The van der Waals surface area contributed by atoms with Crippen LogP contribution in [0.4, 0.5) is 0 Å². The van der Waals surface area contributed by atoms with Gasteiger partial charge in [0.05, 0.1) is 0 Å². The topological polar surface area (TPSA) is 85.5 Å². The zero-order valence-electron chi connectivity index (χ0n) is 10.7. The van der Waals surface area contributed by atoms with E-state index in [1.165, 1.54) is 0 Å². The van der Waals surface area contributed by atoms with Crippen LogP contribution in [0, 0.1) is 13.8 Å². The van der Waals surface area contributed by atoms with Gasteiger partial charge in [0.15, 0.2) is 0 Å². The lowest BCUT2D eigenvalue weighted by Crippen LogP contribution is -2.06. The van der Waals surface area contributed by atoms with Gasteiger partial charge in [-0.15, -0.1) is 10.2 Å². The maximum atomic E-state index is 10.3. The molecule has 1 aromatic carbocycles. The van der Waals surface area contributed by atoms with Crippen LogP contribution in [0.15, 0.2) is 22.6 Å². The van der Waals surface area contributed by atoms with Gasteiger partial charge in [-0.3, -0.25) is 0 Å². The Labute approximate surface area is 110 Å². The van der Waals surface area contributed by atoms with E-state index in [-0.39, 0.29) is 19.1 Å². The highest BCUT2D eigenvalue weighted by Gasteiger charge is 2.11. The third kappa shape index (κ3) is 3.38. The molecule has 0 atom stereocenters. The summed E-state index contributed by atoms with van der Waals surface area (Å²) >= 11 is 0. The van der Waals surface area contributed by atoms with Gasteiger partial charge in [0.25, 0.3) is 0 Å². The molecule has 2 aromatic rings. The van der Waals surface area contributed by atoms with E-state index in [1.807, 2.05) is 32.0 Å². The number of benzene rings is 1. The third-order valence-electron chi connectivity index (χ3n) is 2.53.